The molecule has 5 N–H and O–H groups in total. The van der Waals surface area contributed by atoms with E-state index in [0.29, 0.717) is 22.6 Å². The van der Waals surface area contributed by atoms with Gasteiger partial charge in [0.15, 0.2) is 0 Å². The van der Waals surface area contributed by atoms with Gasteiger partial charge in [0, 0.05) is 17.0 Å². The highest BCUT2D eigenvalue weighted by Gasteiger charge is 2.41. The number of thioether (sulfide) groups is 2. The van der Waals surface area contributed by atoms with Crippen molar-refractivity contribution in [1.82, 2.24) is 5.32 Å². The summed E-state index contributed by atoms with van der Waals surface area (Å²) in [7, 11) is 0. The highest BCUT2D eigenvalue weighted by molar-refractivity contribution is 8.00. The third-order valence-electron chi connectivity index (χ3n) is 8.97. The number of benzene rings is 5. The Balaban J connectivity index is 1.57. The van der Waals surface area contributed by atoms with Crippen molar-refractivity contribution in [1.29, 1.82) is 0 Å². The minimum Gasteiger partial charge on any atom is -0.444 e. The van der Waals surface area contributed by atoms with E-state index in [-0.39, 0.29) is 17.7 Å². The highest BCUT2D eigenvalue weighted by atomic mass is 32.2. The molecule has 0 saturated carbocycles. The van der Waals surface area contributed by atoms with Crippen LogP contribution in [-0.4, -0.2) is 65.6 Å². The van der Waals surface area contributed by atoms with Crippen molar-refractivity contribution in [3.8, 4) is 11.1 Å². The van der Waals surface area contributed by atoms with Crippen LogP contribution in [0.5, 0.6) is 0 Å². The van der Waals surface area contributed by atoms with E-state index >= 15 is 0 Å². The molecule has 0 fully saturated rings. The van der Waals surface area contributed by atoms with E-state index in [4.69, 9.17) is 25.7 Å². The zero-order chi connectivity index (χ0) is 41.7. The third kappa shape index (κ3) is 11.3. The lowest BCUT2D eigenvalue weighted by Crippen LogP contribution is -2.49. The quantitative estimate of drug-likeness (QED) is 0.0273. The first kappa shape index (κ1) is 43.6. The van der Waals surface area contributed by atoms with Crippen molar-refractivity contribution in [3.05, 3.63) is 162 Å². The Labute approximate surface area is 348 Å². The minimum atomic E-state index is -2.07. The summed E-state index contributed by atoms with van der Waals surface area (Å²) in [6.07, 6.45) is -0.826. The van der Waals surface area contributed by atoms with Crippen molar-refractivity contribution in [2.24, 2.45) is 5.73 Å². The molecule has 0 saturated heterocycles. The maximum absolute atomic E-state index is 14.5. The number of esters is 2. The predicted molar refractivity (Wildman–Crippen MR) is 232 cm³/mol. The standard InChI is InChI=1S/C46H49N3O7S2/c1-45(2,3)56-44(53)49-39(30-58-46(32-19-11-6-12-20-32,33-21-13-7-14-22-33)34-23-15-8-16-24-34)42(52)55-43(54-41(51)38(48)27-28-57-4)40(50)36-26-25-35(47)29-37(36)31-17-9-5-10-18-31/h5-26,29,38-39,43H,27-28,30,47-48H2,1-4H3,(H,49,53). The number of nitrogens with two attached hydrogens (primary N) is 2. The number of nitrogen functional groups attached to an aromatic ring is 1. The number of carbonyl (C=O) groups excluding carboxylic acids is 4. The third-order valence-corrected chi connectivity index (χ3v) is 11.3. The number of hydrogen-bond acceptors (Lipinski definition) is 11. The number of carbonyl (C=O) groups is 4. The van der Waals surface area contributed by atoms with Crippen LogP contribution in [0.4, 0.5) is 10.5 Å². The normalized spacial score (nSPS) is 13.1. The molecule has 0 aromatic heterocycles. The molecule has 0 aliphatic carbocycles. The topological polar surface area (TPSA) is 160 Å². The minimum absolute atomic E-state index is 0.0734. The van der Waals surface area contributed by atoms with Crippen LogP contribution < -0.4 is 16.8 Å². The number of anilines is 1. The van der Waals surface area contributed by atoms with E-state index in [2.05, 4.69) is 5.32 Å². The van der Waals surface area contributed by atoms with Gasteiger partial charge in [0.1, 0.15) is 17.7 Å². The van der Waals surface area contributed by atoms with Crippen molar-refractivity contribution in [2.45, 2.75) is 55.9 Å². The van der Waals surface area contributed by atoms with Crippen molar-refractivity contribution >= 4 is 53.0 Å². The molecule has 302 valence electrons. The fraction of sp³-hybridized carbons (Fsp3) is 0.261. The molecular weight excluding hydrogens is 771 g/mol. The number of nitrogens with one attached hydrogen (secondary N) is 1. The van der Waals surface area contributed by atoms with E-state index in [1.54, 1.807) is 51.1 Å². The van der Waals surface area contributed by atoms with Gasteiger partial charge in [0.2, 0.25) is 5.78 Å². The van der Waals surface area contributed by atoms with Crippen LogP contribution in [0.3, 0.4) is 0 Å². The van der Waals surface area contributed by atoms with Crippen molar-refractivity contribution in [2.75, 3.05) is 23.5 Å². The van der Waals surface area contributed by atoms with Crippen LogP contribution in [0, 0.1) is 0 Å². The Morgan fingerprint density at radius 1 is 0.707 bits per heavy atom. The average Bonchev–Trinajstić information content (AvgIpc) is 3.22. The van der Waals surface area contributed by atoms with E-state index in [9.17, 15) is 19.2 Å². The van der Waals surface area contributed by atoms with Crippen LogP contribution in [0.2, 0.25) is 0 Å². The molecule has 3 unspecified atom stereocenters. The summed E-state index contributed by atoms with van der Waals surface area (Å²) in [6.45, 7) is 5.10. The van der Waals surface area contributed by atoms with Crippen molar-refractivity contribution < 1.29 is 33.4 Å². The van der Waals surface area contributed by atoms with Gasteiger partial charge in [0.25, 0.3) is 0 Å². The summed E-state index contributed by atoms with van der Waals surface area (Å²) in [5.41, 5.74) is 15.7. The Bertz CT molecular complexity index is 2040. The van der Waals surface area contributed by atoms with Gasteiger partial charge in [-0.05, 0) is 85.2 Å². The number of ether oxygens (including phenoxy) is 3. The molecule has 10 nitrogen and oxygen atoms in total. The molecule has 5 aromatic rings. The molecule has 0 bridgehead atoms. The molecule has 3 atom stereocenters. The lowest BCUT2D eigenvalue weighted by atomic mass is 9.84. The SMILES string of the molecule is CSCCC(N)C(=O)OC(OC(=O)C(CSC(c1ccccc1)(c1ccccc1)c1ccccc1)NC(=O)OC(C)(C)C)C(=O)c1ccc(N)cc1-c1ccccc1. The highest BCUT2D eigenvalue weighted by Crippen LogP contribution is 2.48. The Hall–Kier alpha value is -5.56. The van der Waals surface area contributed by atoms with Crippen LogP contribution in [0.25, 0.3) is 11.1 Å². The van der Waals surface area contributed by atoms with Crippen LogP contribution in [0.1, 0.15) is 54.2 Å². The molecule has 12 heteroatoms. The van der Waals surface area contributed by atoms with Gasteiger partial charge >= 0.3 is 24.3 Å². The fourth-order valence-electron chi connectivity index (χ4n) is 6.23. The molecule has 0 radical (unpaired) electrons. The smallest absolute Gasteiger partial charge is 0.408 e. The molecule has 5 rings (SSSR count). The maximum atomic E-state index is 14.5. The van der Waals surface area contributed by atoms with E-state index < -0.39 is 52.5 Å². The second-order valence-corrected chi connectivity index (χ2v) is 16.6. The number of alkyl carbamates (subject to hydrolysis) is 1. The number of rotatable bonds is 17. The first-order chi connectivity index (χ1) is 27.8. The zero-order valence-electron chi connectivity index (χ0n) is 33.0. The van der Waals surface area contributed by atoms with Crippen LogP contribution in [0.15, 0.2) is 140 Å². The molecular formula is C46H49N3O7S2. The van der Waals surface area contributed by atoms with Gasteiger partial charge in [-0.2, -0.15) is 11.8 Å². The molecule has 1 amide bonds. The van der Waals surface area contributed by atoms with Gasteiger partial charge in [-0.3, -0.25) is 9.59 Å². The summed E-state index contributed by atoms with van der Waals surface area (Å²) in [6, 6.07) is 40.6. The van der Waals surface area contributed by atoms with E-state index in [1.807, 2.05) is 103 Å². The monoisotopic (exact) mass is 819 g/mol. The number of hydrogen-bond donors (Lipinski definition) is 3. The first-order valence-electron chi connectivity index (χ1n) is 18.8. The lowest BCUT2D eigenvalue weighted by Gasteiger charge is -2.36. The number of ketones is 1. The Morgan fingerprint density at radius 3 is 1.71 bits per heavy atom. The maximum Gasteiger partial charge on any atom is 0.408 e. The molecule has 5 aromatic carbocycles. The molecule has 0 aliphatic rings. The van der Waals surface area contributed by atoms with Crippen molar-refractivity contribution in [3.63, 3.8) is 0 Å². The van der Waals surface area contributed by atoms with Gasteiger partial charge in [-0.15, -0.1) is 11.8 Å². The molecule has 0 aliphatic heterocycles. The largest absolute Gasteiger partial charge is 0.444 e. The average molecular weight is 820 g/mol. The zero-order valence-corrected chi connectivity index (χ0v) is 34.6. The van der Waals surface area contributed by atoms with Gasteiger partial charge in [-0.1, -0.05) is 121 Å². The number of Topliss-reactive ketones (excluding diaryl/α,β-unsaturated/α-hetero) is 1. The summed E-state index contributed by atoms with van der Waals surface area (Å²) >= 11 is 2.88. The van der Waals surface area contributed by atoms with Gasteiger partial charge in [-0.25, -0.2) is 9.59 Å². The summed E-state index contributed by atoms with van der Waals surface area (Å²) in [4.78, 5) is 55.9. The predicted octanol–water partition coefficient (Wildman–Crippen LogP) is 8.23. The summed E-state index contributed by atoms with van der Waals surface area (Å²) in [5, 5.41) is 2.68. The van der Waals surface area contributed by atoms with Gasteiger partial charge in [0.05, 0.1) is 4.75 Å². The lowest BCUT2D eigenvalue weighted by molar-refractivity contribution is -0.181. The number of amides is 1. The molecule has 58 heavy (non-hydrogen) atoms. The fourth-order valence-corrected chi connectivity index (χ4v) is 8.26. The van der Waals surface area contributed by atoms with Crippen LogP contribution in [-0.2, 0) is 28.5 Å². The summed E-state index contributed by atoms with van der Waals surface area (Å²) in [5.74, 6) is -2.32. The first-order valence-corrected chi connectivity index (χ1v) is 21.1. The molecule has 0 spiro atoms. The van der Waals surface area contributed by atoms with E-state index in [0.717, 1.165) is 16.7 Å². The second kappa shape index (κ2) is 20.2. The van der Waals surface area contributed by atoms with Crippen LogP contribution >= 0.6 is 23.5 Å². The van der Waals surface area contributed by atoms with Gasteiger partial charge < -0.3 is 31.0 Å². The second-order valence-electron chi connectivity index (χ2n) is 14.4. The Morgan fingerprint density at radius 2 is 1.21 bits per heavy atom. The Kier molecular flexibility index (Phi) is 15.2. The molecule has 0 heterocycles. The summed E-state index contributed by atoms with van der Waals surface area (Å²) < 4.78 is 16.2. The van der Waals surface area contributed by atoms with E-state index in [1.165, 1.54) is 35.7 Å².